The Morgan fingerprint density at radius 2 is 1.55 bits per heavy atom. The van der Waals surface area contributed by atoms with Gasteiger partial charge in [0, 0.05) is 58.6 Å². The number of piperidine rings is 1. The Labute approximate surface area is 412 Å². The second-order valence-electron chi connectivity index (χ2n) is 16.8. The van der Waals surface area contributed by atoms with Crippen LogP contribution < -0.4 is 15.4 Å². The highest BCUT2D eigenvalue weighted by Crippen LogP contribution is 2.33. The number of ether oxygens (including phenoxy) is 5. The summed E-state index contributed by atoms with van der Waals surface area (Å²) in [5.74, 6) is 0.722. The van der Waals surface area contributed by atoms with E-state index in [9.17, 15) is 34.7 Å². The van der Waals surface area contributed by atoms with Crippen LogP contribution in [0.25, 0.3) is 22.3 Å². The number of hydrogen-bond acceptors (Lipinski definition) is 17. The third-order valence-electron chi connectivity index (χ3n) is 12.2. The fraction of sp³-hybridized carbons (Fsp3) is 0.510. The van der Waals surface area contributed by atoms with Crippen molar-refractivity contribution in [2.24, 2.45) is 0 Å². The molecule has 0 bridgehead atoms. The molecule has 3 aromatic heterocycles. The quantitative estimate of drug-likeness (QED) is 0.0171. The van der Waals surface area contributed by atoms with Gasteiger partial charge < -0.3 is 59.3 Å². The van der Waals surface area contributed by atoms with Gasteiger partial charge in [0.15, 0.2) is 5.82 Å². The number of benzene rings is 1. The molecule has 1 aromatic carbocycles. The highest BCUT2D eigenvalue weighted by atomic mass is 16.6. The minimum Gasteiger partial charge on any atom is -0.494 e. The van der Waals surface area contributed by atoms with Gasteiger partial charge in [-0.05, 0) is 36.9 Å². The van der Waals surface area contributed by atoms with Crippen molar-refractivity contribution in [2.45, 2.75) is 31.2 Å². The number of aromatic amines is 1. The first-order chi connectivity index (χ1) is 34.6. The lowest BCUT2D eigenvalue weighted by Gasteiger charge is -2.41. The van der Waals surface area contributed by atoms with Gasteiger partial charge in [-0.25, -0.2) is 9.97 Å². The van der Waals surface area contributed by atoms with Crippen molar-refractivity contribution in [1.82, 2.24) is 50.1 Å². The van der Waals surface area contributed by atoms with Gasteiger partial charge >= 0.3 is 0 Å². The van der Waals surface area contributed by atoms with Gasteiger partial charge in [0.25, 0.3) is 17.6 Å². The Kier molecular flexibility index (Phi) is 21.0. The fourth-order valence-corrected chi connectivity index (χ4v) is 8.25. The van der Waals surface area contributed by atoms with Crippen LogP contribution in [0.2, 0.25) is 0 Å². The molecule has 22 nitrogen and oxygen atoms in total. The molecule has 22 heteroatoms. The van der Waals surface area contributed by atoms with Crippen molar-refractivity contribution >= 4 is 40.0 Å². The van der Waals surface area contributed by atoms with Gasteiger partial charge in [0.2, 0.25) is 11.7 Å². The number of rotatable bonds is 28. The predicted octanol–water partition coefficient (Wildman–Crippen LogP) is 0.601. The summed E-state index contributed by atoms with van der Waals surface area (Å²) >= 11 is 0. The molecule has 0 saturated carbocycles. The zero-order valence-corrected chi connectivity index (χ0v) is 40.1. The summed E-state index contributed by atoms with van der Waals surface area (Å²) in [7, 11) is 1.42. The number of hydrogen-bond donors (Lipinski definition) is 5. The van der Waals surface area contributed by atoms with Crippen LogP contribution in [0.5, 0.6) is 5.75 Å². The average Bonchev–Trinajstić information content (AvgIpc) is 4.09. The lowest BCUT2D eigenvalue weighted by Crippen LogP contribution is -2.61. The Morgan fingerprint density at radius 3 is 2.20 bits per heavy atom. The molecular weight excluding hydrogens is 919 g/mol. The molecule has 0 aliphatic carbocycles. The van der Waals surface area contributed by atoms with E-state index in [0.29, 0.717) is 115 Å². The van der Waals surface area contributed by atoms with E-state index in [1.807, 2.05) is 30.3 Å². The summed E-state index contributed by atoms with van der Waals surface area (Å²) in [5.41, 5.74) is 1.74. The van der Waals surface area contributed by atoms with Crippen LogP contribution >= 0.6 is 0 Å². The van der Waals surface area contributed by atoms with Gasteiger partial charge in [-0.15, -0.1) is 11.5 Å². The van der Waals surface area contributed by atoms with Crippen molar-refractivity contribution in [3.63, 3.8) is 0 Å². The molecule has 3 amide bonds. The van der Waals surface area contributed by atoms with Crippen LogP contribution in [0.4, 0.5) is 0 Å². The summed E-state index contributed by atoms with van der Waals surface area (Å²) in [6.45, 7) is 6.01. The lowest BCUT2D eigenvalue weighted by molar-refractivity contribution is -0.134. The number of carbonyl (C=O) groups excluding carboxylic acids is 4. The normalized spacial score (nSPS) is 14.3. The smallest absolute Gasteiger partial charge is 0.295 e. The maximum absolute atomic E-state index is 13.8. The Balaban J connectivity index is 0.913. The highest BCUT2D eigenvalue weighted by Gasteiger charge is 2.33. The van der Waals surface area contributed by atoms with Crippen LogP contribution in [0.15, 0.2) is 54.6 Å². The number of Topliss-reactive ketones (excluding diaryl/α,β-unsaturated/α-hetero) is 1. The van der Waals surface area contributed by atoms with E-state index < -0.39 is 23.1 Å². The van der Waals surface area contributed by atoms with E-state index in [-0.39, 0.29) is 81.3 Å². The average molecular weight is 982 g/mol. The molecule has 0 radical (unpaired) electrons. The second kappa shape index (κ2) is 27.7. The van der Waals surface area contributed by atoms with Gasteiger partial charge in [-0.2, -0.15) is 9.94 Å². The van der Waals surface area contributed by atoms with Crippen molar-refractivity contribution < 1.29 is 53.1 Å². The van der Waals surface area contributed by atoms with Gasteiger partial charge in [0.1, 0.15) is 18.7 Å². The first kappa shape index (κ1) is 53.7. The number of aromatic nitrogens is 5. The molecular formula is C49H63N11O11. The molecule has 380 valence electrons. The molecule has 5 N–H and O–H groups in total. The van der Waals surface area contributed by atoms with Gasteiger partial charge in [0.05, 0.1) is 113 Å². The molecule has 2 fully saturated rings. The number of nitriles is 1. The summed E-state index contributed by atoms with van der Waals surface area (Å²) in [6, 6.07) is 11.7. The first-order valence-corrected chi connectivity index (χ1v) is 23.6. The lowest BCUT2D eigenvalue weighted by atomic mass is 9.93. The van der Waals surface area contributed by atoms with E-state index in [4.69, 9.17) is 30.1 Å². The first-order valence-electron chi connectivity index (χ1n) is 23.6. The number of carbonyl (C=O) groups is 4. The van der Waals surface area contributed by atoms with Crippen LogP contribution in [0.3, 0.4) is 0 Å². The van der Waals surface area contributed by atoms with Crippen LogP contribution in [-0.2, 0) is 28.5 Å². The third-order valence-corrected chi connectivity index (χ3v) is 12.2. The van der Waals surface area contributed by atoms with E-state index in [1.165, 1.54) is 35.4 Å². The summed E-state index contributed by atoms with van der Waals surface area (Å²) in [4.78, 5) is 70.3. The number of piperazine rings is 1. The topological polar surface area (TPSA) is 272 Å². The zero-order chi connectivity index (χ0) is 50.4. The fourth-order valence-electron chi connectivity index (χ4n) is 8.25. The van der Waals surface area contributed by atoms with E-state index >= 15 is 0 Å². The molecule has 4 aromatic rings. The number of likely N-dealkylation sites (tertiary alicyclic amines) is 1. The summed E-state index contributed by atoms with van der Waals surface area (Å²) in [5, 5.41) is 41.3. The second-order valence-corrected chi connectivity index (χ2v) is 16.8. The standard InChI is InChI=1S/C49H63N11O11/c1-3-21-68-23-25-70-27-28-71-26-24-69-22-12-41(63)58-19-17-57(18-20-58)32-49(33-61,34-62)55-14-7-13-51-47(65)45-54-35-60(56-45)46-43-42(40(67-2)31-53-46)39(30-52-43)44(64)48(66)59-15-10-37(11-16-59)38(29-50)36-8-5-4-6-9-36/h1,4-6,8-9,30-31,35,52,55,61-62H,7,10-28,32-34H2,2H3,(H,51,65). The number of terminal acetylenes is 1. The van der Waals surface area contributed by atoms with Crippen molar-refractivity contribution in [3.05, 3.63) is 71.6 Å². The largest absolute Gasteiger partial charge is 0.494 e. The van der Waals surface area contributed by atoms with Crippen LogP contribution in [0.1, 0.15) is 52.2 Å². The Bertz CT molecular complexity index is 2490. The molecule has 5 heterocycles. The summed E-state index contributed by atoms with van der Waals surface area (Å²) < 4.78 is 28.4. The van der Waals surface area contributed by atoms with Crippen LogP contribution in [-0.4, -0.2) is 211 Å². The molecule has 71 heavy (non-hydrogen) atoms. The van der Waals surface area contributed by atoms with Crippen molar-refractivity contribution in [1.29, 1.82) is 5.26 Å². The highest BCUT2D eigenvalue weighted by molar-refractivity contribution is 6.45. The zero-order valence-electron chi connectivity index (χ0n) is 40.1. The number of H-pyrrole nitrogens is 1. The minimum absolute atomic E-state index is 0.00570. The molecule has 2 saturated heterocycles. The molecule has 0 atom stereocenters. The minimum atomic E-state index is -1.01. The molecule has 2 aliphatic rings. The van der Waals surface area contributed by atoms with E-state index in [1.54, 1.807) is 4.90 Å². The maximum Gasteiger partial charge on any atom is 0.295 e. The molecule has 2 aliphatic heterocycles. The number of aliphatic hydroxyl groups excluding tert-OH is 2. The van der Waals surface area contributed by atoms with Gasteiger partial charge in [-0.1, -0.05) is 36.3 Å². The molecule has 0 spiro atoms. The van der Waals surface area contributed by atoms with E-state index in [0.717, 1.165) is 11.1 Å². The van der Waals surface area contributed by atoms with Crippen molar-refractivity contribution in [3.8, 4) is 30.0 Å². The number of amides is 3. The predicted molar refractivity (Wildman–Crippen MR) is 258 cm³/mol. The SMILES string of the molecule is C#CCOCCOCCOCCOCCC(=O)N1CCN(CC(CO)(CO)NCCCNC(=O)c2ncn(-c3ncc(OC)c4c(C(=O)C(=O)N5CCC(=C(C#N)c6ccccc6)CC5)c[nH]c34)n2)CC1. The molecule has 6 rings (SSSR count). The third kappa shape index (κ3) is 14.7. The number of allylic oxidation sites excluding steroid dienone is 1. The number of methoxy groups -OCH3 is 1. The number of pyridine rings is 1. The van der Waals surface area contributed by atoms with Crippen molar-refractivity contribution in [2.75, 3.05) is 132 Å². The Morgan fingerprint density at radius 1 is 0.873 bits per heavy atom. The van der Waals surface area contributed by atoms with Gasteiger partial charge in [-0.3, -0.25) is 24.1 Å². The van der Waals surface area contributed by atoms with E-state index in [2.05, 4.69) is 47.6 Å². The number of nitrogens with zero attached hydrogens (tertiary/aromatic N) is 8. The maximum atomic E-state index is 13.8. The Hall–Kier alpha value is -6.60. The number of ketones is 1. The monoisotopic (exact) mass is 981 g/mol. The number of aliphatic hydroxyl groups is 2. The molecule has 0 unspecified atom stereocenters. The number of fused-ring (bicyclic) bond motifs is 1. The summed E-state index contributed by atoms with van der Waals surface area (Å²) in [6.07, 6.45) is 10.9. The van der Waals surface area contributed by atoms with Crippen LogP contribution in [0, 0.1) is 23.7 Å². The number of nitrogens with one attached hydrogen (secondary N) is 3.